The zero-order chi connectivity index (χ0) is 94.8. The molecule has 21 rings (SSSR count). The zero-order valence-corrected chi connectivity index (χ0v) is 81.8. The lowest BCUT2D eigenvalue weighted by atomic mass is 10.1. The molecule has 0 radical (unpaired) electrons. The molecule has 0 aliphatic carbocycles. The van der Waals surface area contributed by atoms with Gasteiger partial charge in [0.25, 0.3) is 0 Å². The molecule has 14 aromatic rings. The molecule has 7 aromatic carbocycles. The molecule has 7 saturated heterocycles. The number of ether oxygens (including phenoxy) is 3. The maximum atomic E-state index is 13.8. The molecule has 0 bridgehead atoms. The fourth-order valence-corrected chi connectivity index (χ4v) is 23.0. The van der Waals surface area contributed by atoms with Gasteiger partial charge in [0.1, 0.15) is 23.1 Å². The Morgan fingerprint density at radius 1 is 0.250 bits per heavy atom. The Morgan fingerprint density at radius 3 is 0.919 bits per heavy atom. The van der Waals surface area contributed by atoms with E-state index in [0.29, 0.717) is 50.8 Å². The standard InChI is InChI=1S/C15H16F2N2OS.2C15H17FN2OS.C14H14F2N2OS.2C14H15FN2OS.C14H16N2S/c1-20-14-10(5-6-11(16)13(14)17)12-9-21-15(18-12)19-7-3-2-4-8-19;1-19-14-11(6-5-7-12(14)16)13-10-20-15(17-13)18-8-3-2-4-9-18;1-19-14-9-11(16)5-6-12(14)13-10-20-15(17-13)18-7-3-2-4-8-18;15-10-5-4-9(13(19)12(10)16)11-8-20-14(17-11)18-6-2-1-3-7-18;15-11-6-4-5-10(13(11)18)12-9-19-14(16-12)17-7-2-1-3-8-17;15-10-4-5-11(13(18)8-10)12-9-19-14(16-12)17-6-2-1-3-7-17;1-3-7-12(8-4-1)13-11-17-14(15-13)16-9-5-2-6-10-16/h5-6,9H,2-4,7-8H2,1H3;5-7,10H,2-4,8-9H2,1H3;5-6,9-10H,2-4,7-8H2,1H3;4-5,8,19H,1-3,6-7H2;4-6,9,18H,1-3,7-8H2;4-5,8-9,18H,1-3,6-7H2;1,3-4,7-8,11H,2,5-6,9-10H2. The molecule has 35 heteroatoms. The van der Waals surface area contributed by atoms with Gasteiger partial charge in [-0.3, -0.25) is 0 Å². The number of phenolic OH excluding ortho intramolecular Hbond substituents is 3. The summed E-state index contributed by atoms with van der Waals surface area (Å²) in [6, 6.07) is 33.4. The molecule has 136 heavy (non-hydrogen) atoms. The Labute approximate surface area is 815 Å². The number of hydrogen-bond donors (Lipinski definition) is 3. The molecule has 0 saturated carbocycles. The normalized spacial score (nSPS) is 15.6. The average molecular weight is 1990 g/mol. The molecule has 0 atom stereocenters. The maximum Gasteiger partial charge on any atom is 0.201 e. The van der Waals surface area contributed by atoms with Crippen molar-refractivity contribution in [1.82, 2.24) is 34.9 Å². The molecule has 7 aliphatic rings. The van der Waals surface area contributed by atoms with Crippen molar-refractivity contribution < 1.29 is 64.7 Å². The highest BCUT2D eigenvalue weighted by atomic mass is 32.1. The van der Waals surface area contributed by atoms with E-state index in [1.807, 2.05) is 39.0 Å². The second-order valence-electron chi connectivity index (χ2n) is 33.5. The summed E-state index contributed by atoms with van der Waals surface area (Å²) in [6.45, 7) is 14.7. The lowest BCUT2D eigenvalue weighted by molar-refractivity contribution is 0.373. The van der Waals surface area contributed by atoms with Gasteiger partial charge < -0.3 is 63.8 Å². The Balaban J connectivity index is 0.000000121. The second-order valence-corrected chi connectivity index (χ2v) is 39.3. The fraction of sp³-hybridized carbons (Fsp3) is 0.376. The van der Waals surface area contributed by atoms with Crippen LogP contribution in [0.2, 0.25) is 0 Å². The van der Waals surface area contributed by atoms with Gasteiger partial charge in [0.2, 0.25) is 11.6 Å². The quantitative estimate of drug-likeness (QED) is 0.0726. The van der Waals surface area contributed by atoms with Crippen LogP contribution in [-0.2, 0) is 0 Å². The van der Waals surface area contributed by atoms with Crippen molar-refractivity contribution in [3.8, 4) is 113 Å². The predicted molar refractivity (Wildman–Crippen MR) is 540 cm³/mol. The van der Waals surface area contributed by atoms with E-state index in [2.05, 4.69) is 93.8 Å². The molecule has 3 N–H and O–H groups in total. The third kappa shape index (κ3) is 25.8. The number of benzene rings is 7. The summed E-state index contributed by atoms with van der Waals surface area (Å²) in [5.74, 6) is -6.22. The molecular formula is C101H110F8N14O6S7. The molecule has 14 heterocycles. The summed E-state index contributed by atoms with van der Waals surface area (Å²) < 4.78 is 122. The molecular weight excluding hydrogens is 1880 g/mol. The minimum atomic E-state index is -1.23. The minimum Gasteiger partial charge on any atom is -0.507 e. The summed E-state index contributed by atoms with van der Waals surface area (Å²) in [7, 11) is 4.37. The van der Waals surface area contributed by atoms with Crippen molar-refractivity contribution in [3.63, 3.8) is 0 Å². The SMILES string of the molecule is COc1c(-c2csc(N3CCCCC3)n2)ccc(F)c1F.COc1c(F)cccc1-c1csc(N2CCCCC2)n1.COc1cc(F)ccc1-c1csc(N2CCCCC2)n1.Oc1c(-c2csc(N3CCCCC3)n2)ccc(F)c1F.Oc1c(F)cccc1-c1csc(N2CCCCC2)n1.Oc1cc(F)ccc1-c1csc(N2CCCCC2)n1.c1ccc(-c2csc(N3CCCCC3)n2)cc1. The van der Waals surface area contributed by atoms with E-state index in [9.17, 15) is 50.4 Å². The van der Waals surface area contributed by atoms with Gasteiger partial charge in [-0.1, -0.05) is 42.5 Å². The number of aromatic hydroxyl groups is 3. The van der Waals surface area contributed by atoms with Crippen LogP contribution in [0.5, 0.6) is 34.5 Å². The van der Waals surface area contributed by atoms with Crippen molar-refractivity contribution in [2.75, 3.05) is 147 Å². The Morgan fingerprint density at radius 2 is 0.544 bits per heavy atom. The van der Waals surface area contributed by atoms with Gasteiger partial charge in [0, 0.05) is 180 Å². The monoisotopic (exact) mass is 1990 g/mol. The van der Waals surface area contributed by atoms with Gasteiger partial charge in [-0.15, -0.1) is 79.4 Å². The topological polar surface area (TPSA) is 201 Å². The van der Waals surface area contributed by atoms with Crippen LogP contribution in [0.25, 0.3) is 78.8 Å². The molecule has 0 spiro atoms. The highest BCUT2D eigenvalue weighted by Gasteiger charge is 2.27. The lowest BCUT2D eigenvalue weighted by Crippen LogP contribution is -2.29. The summed E-state index contributed by atoms with van der Waals surface area (Å²) in [4.78, 5) is 48.2. The van der Waals surface area contributed by atoms with E-state index in [0.717, 1.165) is 163 Å². The molecule has 7 aliphatic heterocycles. The van der Waals surface area contributed by atoms with Gasteiger partial charge in [-0.25, -0.2) is 61.2 Å². The van der Waals surface area contributed by atoms with Gasteiger partial charge >= 0.3 is 0 Å². The van der Waals surface area contributed by atoms with E-state index in [-0.39, 0.29) is 40.2 Å². The second kappa shape index (κ2) is 49.2. The molecule has 718 valence electrons. The van der Waals surface area contributed by atoms with E-state index in [1.54, 1.807) is 99.5 Å². The number of thiazole rings is 7. The largest absolute Gasteiger partial charge is 0.507 e. The number of piperidine rings is 7. The number of aromatic nitrogens is 7. The third-order valence-corrected chi connectivity index (χ3v) is 30.5. The van der Waals surface area contributed by atoms with E-state index in [1.165, 1.54) is 225 Å². The number of halogens is 8. The zero-order valence-electron chi connectivity index (χ0n) is 76.1. The van der Waals surface area contributed by atoms with Gasteiger partial charge in [0.05, 0.1) is 61.2 Å². The lowest BCUT2D eigenvalue weighted by Gasteiger charge is -2.25. The van der Waals surface area contributed by atoms with Gasteiger partial charge in [-0.05, 0) is 208 Å². The first kappa shape index (κ1) is 99.3. The first-order valence-corrected chi connectivity index (χ1v) is 52.3. The molecule has 20 nitrogen and oxygen atoms in total. The van der Waals surface area contributed by atoms with E-state index in [4.69, 9.17) is 19.2 Å². The number of phenols is 3. The Kier molecular flexibility index (Phi) is 35.9. The summed E-state index contributed by atoms with van der Waals surface area (Å²) in [5.41, 5.74) is 9.72. The van der Waals surface area contributed by atoms with Crippen LogP contribution >= 0.6 is 79.4 Å². The number of nitrogens with zero attached hydrogens (tertiary/aromatic N) is 14. The molecule has 7 aromatic heterocycles. The summed E-state index contributed by atoms with van der Waals surface area (Å²) in [5, 5.41) is 49.8. The third-order valence-electron chi connectivity index (χ3n) is 24.2. The van der Waals surface area contributed by atoms with Crippen LogP contribution in [0, 0.1) is 46.5 Å². The van der Waals surface area contributed by atoms with E-state index >= 15 is 0 Å². The van der Waals surface area contributed by atoms with Gasteiger partial charge in [0.15, 0.2) is 82.2 Å². The van der Waals surface area contributed by atoms with Crippen molar-refractivity contribution in [2.45, 2.75) is 135 Å². The van der Waals surface area contributed by atoms with Crippen LogP contribution < -0.4 is 48.5 Å². The first-order chi connectivity index (χ1) is 66.4. The fourth-order valence-electron chi connectivity index (χ4n) is 16.9. The predicted octanol–water partition coefficient (Wildman–Crippen LogP) is 26.9. The minimum absolute atomic E-state index is 0.0597. The van der Waals surface area contributed by atoms with Gasteiger partial charge in [-0.2, -0.15) is 8.78 Å². The highest BCUT2D eigenvalue weighted by Crippen LogP contribution is 2.44. The van der Waals surface area contributed by atoms with Crippen molar-refractivity contribution in [1.29, 1.82) is 0 Å². The Bertz CT molecular complexity index is 6140. The van der Waals surface area contributed by atoms with Crippen LogP contribution in [0.3, 0.4) is 0 Å². The maximum absolute atomic E-state index is 13.8. The number of methoxy groups -OCH3 is 3. The number of rotatable bonds is 17. The number of hydrogen-bond acceptors (Lipinski definition) is 27. The van der Waals surface area contributed by atoms with Crippen LogP contribution in [0.1, 0.15) is 135 Å². The van der Waals surface area contributed by atoms with Crippen molar-refractivity contribution >= 4 is 115 Å². The van der Waals surface area contributed by atoms with Crippen molar-refractivity contribution in [2.24, 2.45) is 0 Å². The summed E-state index contributed by atoms with van der Waals surface area (Å²) in [6.07, 6.45) is 26.0. The smallest absolute Gasteiger partial charge is 0.201 e. The van der Waals surface area contributed by atoms with Crippen LogP contribution in [0.4, 0.5) is 71.0 Å². The Hall–Kier alpha value is -11.2. The van der Waals surface area contributed by atoms with E-state index < -0.39 is 40.7 Å². The molecule has 7 fully saturated rings. The van der Waals surface area contributed by atoms with Crippen molar-refractivity contribution in [3.05, 3.63) is 212 Å². The molecule has 0 amide bonds. The number of anilines is 7. The van der Waals surface area contributed by atoms with Crippen LogP contribution in [-0.4, -0.2) is 163 Å². The van der Waals surface area contributed by atoms with Crippen LogP contribution in [0.15, 0.2) is 165 Å². The molecule has 0 unspecified atom stereocenters. The number of para-hydroxylation sites is 2. The first-order valence-electron chi connectivity index (χ1n) is 46.2. The average Bonchev–Trinajstić information content (AvgIpc) is 1.61. The highest BCUT2D eigenvalue weighted by molar-refractivity contribution is 7.16. The summed E-state index contributed by atoms with van der Waals surface area (Å²) >= 11 is 11.1.